The number of amides is 1. The van der Waals surface area contributed by atoms with Gasteiger partial charge in [-0.15, -0.1) is 0 Å². The zero-order valence-corrected chi connectivity index (χ0v) is 10.3. The van der Waals surface area contributed by atoms with E-state index in [0.717, 1.165) is 5.39 Å². The Morgan fingerprint density at radius 2 is 2.11 bits per heavy atom. The molecule has 0 fully saturated rings. The highest BCUT2D eigenvalue weighted by atomic mass is 35.5. The van der Waals surface area contributed by atoms with E-state index in [-0.39, 0.29) is 23.7 Å². The molecule has 2 N–H and O–H groups in total. The van der Waals surface area contributed by atoms with E-state index < -0.39 is 0 Å². The number of H-pyrrole nitrogens is 1. The van der Waals surface area contributed by atoms with Gasteiger partial charge in [-0.1, -0.05) is 36.4 Å². The minimum Gasteiger partial charge on any atom is -0.346 e. The number of hydrogen-bond acceptors (Lipinski definition) is 2. The van der Waals surface area contributed by atoms with Crippen molar-refractivity contribution in [3.05, 3.63) is 58.0 Å². The molecule has 0 bridgehead atoms. The molecule has 5 heteroatoms. The number of pyridine rings is 1. The van der Waals surface area contributed by atoms with Gasteiger partial charge in [-0.25, -0.2) is 0 Å². The van der Waals surface area contributed by atoms with Crippen molar-refractivity contribution in [3.63, 3.8) is 0 Å². The molecule has 0 radical (unpaired) electrons. The van der Waals surface area contributed by atoms with Crippen molar-refractivity contribution in [1.29, 1.82) is 0 Å². The molecule has 0 unspecified atom stereocenters. The Kier molecular flexibility index (Phi) is 3.48. The van der Waals surface area contributed by atoms with Crippen LogP contribution in [0.15, 0.2) is 46.7 Å². The van der Waals surface area contributed by atoms with E-state index in [1.165, 1.54) is 0 Å². The fourth-order valence-corrected chi connectivity index (χ4v) is 1.67. The quantitative estimate of drug-likeness (QED) is 0.889. The molecular weight excluding hydrogens is 252 g/mol. The van der Waals surface area contributed by atoms with Crippen LogP contribution in [0.25, 0.3) is 10.8 Å². The Morgan fingerprint density at radius 3 is 2.83 bits per heavy atom. The van der Waals surface area contributed by atoms with Gasteiger partial charge in [-0.3, -0.25) is 9.59 Å². The molecule has 1 amide bonds. The number of halogens is 1. The summed E-state index contributed by atoms with van der Waals surface area (Å²) < 4.78 is 0. The first-order valence-corrected chi connectivity index (χ1v) is 5.69. The lowest BCUT2D eigenvalue weighted by molar-refractivity contribution is 0.0952. The number of hydrogen-bond donors (Lipinski definition) is 2. The molecule has 0 saturated heterocycles. The third-order valence-electron chi connectivity index (χ3n) is 2.44. The van der Waals surface area contributed by atoms with Crippen LogP contribution in [0.3, 0.4) is 0 Å². The van der Waals surface area contributed by atoms with Crippen LogP contribution < -0.4 is 10.9 Å². The first-order chi connectivity index (χ1) is 8.58. The second kappa shape index (κ2) is 5.06. The summed E-state index contributed by atoms with van der Waals surface area (Å²) in [6.45, 7) is 3.63. The largest absolute Gasteiger partial charge is 0.346 e. The van der Waals surface area contributed by atoms with Crippen LogP contribution in [-0.2, 0) is 0 Å². The van der Waals surface area contributed by atoms with Crippen molar-refractivity contribution >= 4 is 28.3 Å². The lowest BCUT2D eigenvalue weighted by Crippen LogP contribution is -2.27. The van der Waals surface area contributed by atoms with Crippen LogP contribution in [-0.4, -0.2) is 17.4 Å². The lowest BCUT2D eigenvalue weighted by Gasteiger charge is -2.05. The molecule has 2 rings (SSSR count). The smallest absolute Gasteiger partial charge is 0.268 e. The molecule has 1 heterocycles. The Labute approximate surface area is 108 Å². The van der Waals surface area contributed by atoms with E-state index in [2.05, 4.69) is 16.9 Å². The summed E-state index contributed by atoms with van der Waals surface area (Å²) >= 11 is 5.55. The van der Waals surface area contributed by atoms with Crippen LogP contribution in [0.4, 0.5) is 0 Å². The van der Waals surface area contributed by atoms with E-state index in [4.69, 9.17) is 11.6 Å². The fourth-order valence-electron chi connectivity index (χ4n) is 1.60. The number of benzene rings is 1. The van der Waals surface area contributed by atoms with Crippen molar-refractivity contribution < 1.29 is 4.79 Å². The zero-order chi connectivity index (χ0) is 13.1. The molecule has 92 valence electrons. The second-order valence-electron chi connectivity index (χ2n) is 3.80. The molecule has 0 aliphatic carbocycles. The fraction of sp³-hybridized carbons (Fsp3) is 0.0769. The highest BCUT2D eigenvalue weighted by Crippen LogP contribution is 2.09. The lowest BCUT2D eigenvalue weighted by atomic mass is 10.1. The van der Waals surface area contributed by atoms with Gasteiger partial charge >= 0.3 is 0 Å². The Hall–Kier alpha value is -2.07. The molecule has 1 aromatic heterocycles. The summed E-state index contributed by atoms with van der Waals surface area (Å²) in [5.41, 5.74) is -0.0837. The molecule has 0 aliphatic rings. The predicted octanol–water partition coefficient (Wildman–Crippen LogP) is 2.01. The SMILES string of the molecule is C=C(Cl)CNC(=O)c1cc2ccccc2c(=O)[nH]1. The normalized spacial score (nSPS) is 10.3. The monoisotopic (exact) mass is 262 g/mol. The summed E-state index contributed by atoms with van der Waals surface area (Å²) in [4.78, 5) is 26.1. The van der Waals surface area contributed by atoms with E-state index in [1.807, 2.05) is 6.07 Å². The van der Waals surface area contributed by atoms with Gasteiger partial charge in [0.1, 0.15) is 5.69 Å². The third-order valence-corrected chi connectivity index (χ3v) is 2.57. The van der Waals surface area contributed by atoms with E-state index >= 15 is 0 Å². The number of fused-ring (bicyclic) bond motifs is 1. The van der Waals surface area contributed by atoms with Gasteiger partial charge in [0.15, 0.2) is 0 Å². The van der Waals surface area contributed by atoms with Gasteiger partial charge in [0.05, 0.1) is 6.54 Å². The number of aromatic amines is 1. The minimum absolute atomic E-state index is 0.162. The molecule has 0 aliphatic heterocycles. The van der Waals surface area contributed by atoms with Gasteiger partial charge in [0, 0.05) is 10.4 Å². The van der Waals surface area contributed by atoms with E-state index in [9.17, 15) is 9.59 Å². The van der Waals surface area contributed by atoms with Gasteiger partial charge in [0.25, 0.3) is 11.5 Å². The first kappa shape index (κ1) is 12.4. The standard InChI is InChI=1S/C13H11ClN2O2/c1-8(14)7-15-13(18)11-6-9-4-2-3-5-10(9)12(17)16-11/h2-6H,1,7H2,(H,15,18)(H,16,17). The molecule has 18 heavy (non-hydrogen) atoms. The Balaban J connectivity index is 2.37. The van der Waals surface area contributed by atoms with Crippen molar-refractivity contribution in [2.24, 2.45) is 0 Å². The third kappa shape index (κ3) is 2.60. The predicted molar refractivity (Wildman–Crippen MR) is 71.9 cm³/mol. The number of rotatable bonds is 3. The zero-order valence-electron chi connectivity index (χ0n) is 9.50. The van der Waals surface area contributed by atoms with Crippen LogP contribution in [0.2, 0.25) is 0 Å². The maximum atomic E-state index is 11.8. The molecule has 0 saturated carbocycles. The molecule has 2 aromatic rings. The average molecular weight is 263 g/mol. The molecular formula is C13H11ClN2O2. The minimum atomic E-state index is -0.389. The van der Waals surface area contributed by atoms with Crippen molar-refractivity contribution in [1.82, 2.24) is 10.3 Å². The van der Waals surface area contributed by atoms with Crippen LogP contribution in [0.1, 0.15) is 10.5 Å². The van der Waals surface area contributed by atoms with Crippen molar-refractivity contribution in [2.75, 3.05) is 6.54 Å². The maximum Gasteiger partial charge on any atom is 0.268 e. The number of carbonyl (C=O) groups is 1. The molecule has 4 nitrogen and oxygen atoms in total. The van der Waals surface area contributed by atoms with E-state index in [1.54, 1.807) is 24.3 Å². The summed E-state index contributed by atoms with van der Waals surface area (Å²) in [5.74, 6) is -0.389. The summed E-state index contributed by atoms with van der Waals surface area (Å²) in [7, 11) is 0. The van der Waals surface area contributed by atoms with Crippen molar-refractivity contribution in [3.8, 4) is 0 Å². The number of carbonyl (C=O) groups excluding carboxylic acids is 1. The first-order valence-electron chi connectivity index (χ1n) is 5.31. The maximum absolute atomic E-state index is 11.8. The van der Waals surface area contributed by atoms with Crippen LogP contribution >= 0.6 is 11.6 Å². The summed E-state index contributed by atoms with van der Waals surface area (Å²) in [6, 6.07) is 8.69. The van der Waals surface area contributed by atoms with E-state index in [0.29, 0.717) is 10.4 Å². The highest BCUT2D eigenvalue weighted by Gasteiger charge is 2.08. The van der Waals surface area contributed by atoms with Gasteiger partial charge in [-0.2, -0.15) is 0 Å². The molecule has 1 aromatic carbocycles. The number of aromatic nitrogens is 1. The van der Waals surface area contributed by atoms with Crippen LogP contribution in [0, 0.1) is 0 Å². The second-order valence-corrected chi connectivity index (χ2v) is 4.33. The number of nitrogens with one attached hydrogen (secondary N) is 2. The van der Waals surface area contributed by atoms with Crippen LogP contribution in [0.5, 0.6) is 0 Å². The average Bonchev–Trinajstić information content (AvgIpc) is 2.36. The Bertz CT molecular complexity index is 676. The Morgan fingerprint density at radius 1 is 1.39 bits per heavy atom. The summed E-state index contributed by atoms with van der Waals surface area (Å²) in [5, 5.41) is 4.15. The topological polar surface area (TPSA) is 62.0 Å². The highest BCUT2D eigenvalue weighted by molar-refractivity contribution is 6.29. The molecule has 0 spiro atoms. The van der Waals surface area contributed by atoms with Crippen molar-refractivity contribution in [2.45, 2.75) is 0 Å². The summed E-state index contributed by atoms with van der Waals surface area (Å²) in [6.07, 6.45) is 0. The van der Waals surface area contributed by atoms with Gasteiger partial charge < -0.3 is 10.3 Å². The molecule has 0 atom stereocenters. The van der Waals surface area contributed by atoms with Gasteiger partial charge in [0.2, 0.25) is 0 Å². The van der Waals surface area contributed by atoms with Gasteiger partial charge in [-0.05, 0) is 17.5 Å².